The number of rotatable bonds is 5. The minimum absolute atomic E-state index is 0.117. The molecule has 3 heteroatoms. The molecule has 0 spiro atoms. The summed E-state index contributed by atoms with van der Waals surface area (Å²) in [6, 6.07) is 7.60. The van der Waals surface area contributed by atoms with Gasteiger partial charge in [-0.05, 0) is 30.5 Å². The summed E-state index contributed by atoms with van der Waals surface area (Å²) in [6.07, 6.45) is 2.29. The van der Waals surface area contributed by atoms with E-state index in [1.54, 1.807) is 0 Å². The van der Waals surface area contributed by atoms with Gasteiger partial charge in [0.2, 0.25) is 5.91 Å². The van der Waals surface area contributed by atoms with Crippen LogP contribution in [0.5, 0.6) is 0 Å². The fourth-order valence-electron chi connectivity index (χ4n) is 1.26. The SMILES string of the molecule is CCCNC(=O)CCc1ccc(Cl)cc1. The number of halogens is 1. The highest BCUT2D eigenvalue weighted by atomic mass is 35.5. The fourth-order valence-corrected chi connectivity index (χ4v) is 1.39. The maximum Gasteiger partial charge on any atom is 0.220 e. The molecule has 0 aliphatic heterocycles. The molecule has 0 radical (unpaired) electrons. The Kier molecular flexibility index (Phi) is 5.19. The Hall–Kier alpha value is -1.02. The quantitative estimate of drug-likeness (QED) is 0.821. The molecule has 15 heavy (non-hydrogen) atoms. The van der Waals surface area contributed by atoms with E-state index < -0.39 is 0 Å². The highest BCUT2D eigenvalue weighted by molar-refractivity contribution is 6.30. The lowest BCUT2D eigenvalue weighted by molar-refractivity contribution is -0.121. The predicted molar refractivity (Wildman–Crippen MR) is 63.1 cm³/mol. The normalized spacial score (nSPS) is 10.0. The zero-order valence-corrected chi connectivity index (χ0v) is 9.68. The van der Waals surface area contributed by atoms with Crippen molar-refractivity contribution in [1.82, 2.24) is 5.32 Å². The van der Waals surface area contributed by atoms with Gasteiger partial charge in [0, 0.05) is 18.0 Å². The molecular formula is C12H16ClNO. The van der Waals surface area contributed by atoms with Crippen LogP contribution < -0.4 is 5.32 Å². The molecular weight excluding hydrogens is 210 g/mol. The second-order valence-corrected chi connectivity index (χ2v) is 3.91. The van der Waals surface area contributed by atoms with Gasteiger partial charge in [0.1, 0.15) is 0 Å². The number of aryl methyl sites for hydroxylation is 1. The van der Waals surface area contributed by atoms with Crippen LogP contribution in [0.15, 0.2) is 24.3 Å². The monoisotopic (exact) mass is 225 g/mol. The molecule has 0 atom stereocenters. The molecule has 1 aromatic rings. The Morgan fingerprint density at radius 3 is 2.60 bits per heavy atom. The maximum atomic E-state index is 11.3. The van der Waals surface area contributed by atoms with E-state index in [1.165, 1.54) is 0 Å². The first kappa shape index (κ1) is 12.1. The predicted octanol–water partition coefficient (Wildman–Crippen LogP) is 2.80. The van der Waals surface area contributed by atoms with Crippen LogP contribution in [-0.2, 0) is 11.2 Å². The first-order chi connectivity index (χ1) is 7.22. The van der Waals surface area contributed by atoms with Crippen LogP contribution in [0.1, 0.15) is 25.3 Å². The molecule has 0 bridgehead atoms. The van der Waals surface area contributed by atoms with Gasteiger partial charge in [-0.25, -0.2) is 0 Å². The van der Waals surface area contributed by atoms with Gasteiger partial charge in [-0.3, -0.25) is 4.79 Å². The average Bonchev–Trinajstić information content (AvgIpc) is 2.25. The van der Waals surface area contributed by atoms with E-state index in [2.05, 4.69) is 5.32 Å². The molecule has 0 saturated heterocycles. The smallest absolute Gasteiger partial charge is 0.220 e. The molecule has 0 unspecified atom stereocenters. The third kappa shape index (κ3) is 4.84. The van der Waals surface area contributed by atoms with Gasteiger partial charge < -0.3 is 5.32 Å². The molecule has 0 aromatic heterocycles. The summed E-state index contributed by atoms with van der Waals surface area (Å²) in [7, 11) is 0. The van der Waals surface area contributed by atoms with Crippen LogP contribution in [0, 0.1) is 0 Å². The number of benzene rings is 1. The first-order valence-corrected chi connectivity index (χ1v) is 5.61. The van der Waals surface area contributed by atoms with Gasteiger partial charge in [-0.2, -0.15) is 0 Å². The average molecular weight is 226 g/mol. The molecule has 1 amide bonds. The number of hydrogen-bond donors (Lipinski definition) is 1. The summed E-state index contributed by atoms with van der Waals surface area (Å²) >= 11 is 5.76. The van der Waals surface area contributed by atoms with E-state index in [4.69, 9.17) is 11.6 Å². The number of nitrogens with one attached hydrogen (secondary N) is 1. The summed E-state index contributed by atoms with van der Waals surface area (Å²) in [5.74, 6) is 0.117. The molecule has 0 aliphatic carbocycles. The van der Waals surface area contributed by atoms with Crippen molar-refractivity contribution < 1.29 is 4.79 Å². The molecule has 1 rings (SSSR count). The number of amides is 1. The van der Waals surface area contributed by atoms with E-state index in [0.29, 0.717) is 6.42 Å². The standard InChI is InChI=1S/C12H16ClNO/c1-2-9-14-12(15)8-5-10-3-6-11(13)7-4-10/h3-4,6-7H,2,5,8-9H2,1H3,(H,14,15). The lowest BCUT2D eigenvalue weighted by Gasteiger charge is -2.03. The molecule has 1 aromatic carbocycles. The topological polar surface area (TPSA) is 29.1 Å². The third-order valence-electron chi connectivity index (χ3n) is 2.13. The number of carbonyl (C=O) groups is 1. The second kappa shape index (κ2) is 6.46. The zero-order valence-electron chi connectivity index (χ0n) is 8.92. The largest absolute Gasteiger partial charge is 0.356 e. The van der Waals surface area contributed by atoms with E-state index in [-0.39, 0.29) is 5.91 Å². The van der Waals surface area contributed by atoms with Gasteiger partial charge in [0.15, 0.2) is 0 Å². The lowest BCUT2D eigenvalue weighted by Crippen LogP contribution is -2.24. The van der Waals surface area contributed by atoms with Gasteiger partial charge in [0.05, 0.1) is 0 Å². The van der Waals surface area contributed by atoms with Crippen molar-refractivity contribution in [3.8, 4) is 0 Å². The Morgan fingerprint density at radius 2 is 2.00 bits per heavy atom. The second-order valence-electron chi connectivity index (χ2n) is 3.48. The number of hydrogen-bond acceptors (Lipinski definition) is 1. The van der Waals surface area contributed by atoms with Crippen LogP contribution in [0.2, 0.25) is 5.02 Å². The van der Waals surface area contributed by atoms with Crippen LogP contribution in [0.25, 0.3) is 0 Å². The van der Waals surface area contributed by atoms with Crippen molar-refractivity contribution in [1.29, 1.82) is 0 Å². The Labute approximate surface area is 95.6 Å². The summed E-state index contributed by atoms with van der Waals surface area (Å²) in [4.78, 5) is 11.3. The van der Waals surface area contributed by atoms with Gasteiger partial charge in [-0.1, -0.05) is 30.7 Å². The first-order valence-electron chi connectivity index (χ1n) is 5.23. The van der Waals surface area contributed by atoms with Crippen molar-refractivity contribution in [3.05, 3.63) is 34.9 Å². The van der Waals surface area contributed by atoms with E-state index in [0.717, 1.165) is 30.0 Å². The molecule has 0 heterocycles. The highest BCUT2D eigenvalue weighted by Crippen LogP contribution is 2.10. The Balaban J connectivity index is 2.30. The zero-order chi connectivity index (χ0) is 11.1. The van der Waals surface area contributed by atoms with Crippen LogP contribution in [-0.4, -0.2) is 12.5 Å². The van der Waals surface area contributed by atoms with Crippen molar-refractivity contribution in [2.45, 2.75) is 26.2 Å². The molecule has 0 fully saturated rings. The van der Waals surface area contributed by atoms with Gasteiger partial charge in [0.25, 0.3) is 0 Å². The highest BCUT2D eigenvalue weighted by Gasteiger charge is 2.00. The minimum atomic E-state index is 0.117. The molecule has 1 N–H and O–H groups in total. The van der Waals surface area contributed by atoms with Gasteiger partial charge >= 0.3 is 0 Å². The van der Waals surface area contributed by atoms with E-state index >= 15 is 0 Å². The van der Waals surface area contributed by atoms with Crippen molar-refractivity contribution in [2.24, 2.45) is 0 Å². The molecule has 0 saturated carbocycles. The molecule has 0 aliphatic rings. The van der Waals surface area contributed by atoms with Crippen molar-refractivity contribution in [2.75, 3.05) is 6.54 Å². The van der Waals surface area contributed by atoms with Gasteiger partial charge in [-0.15, -0.1) is 0 Å². The van der Waals surface area contributed by atoms with Crippen LogP contribution in [0.4, 0.5) is 0 Å². The molecule has 2 nitrogen and oxygen atoms in total. The summed E-state index contributed by atoms with van der Waals surface area (Å²) in [5, 5.41) is 3.58. The number of carbonyl (C=O) groups excluding carboxylic acids is 1. The Bertz CT molecular complexity index is 308. The van der Waals surface area contributed by atoms with E-state index in [1.807, 2.05) is 31.2 Å². The van der Waals surface area contributed by atoms with E-state index in [9.17, 15) is 4.79 Å². The minimum Gasteiger partial charge on any atom is -0.356 e. The van der Waals surface area contributed by atoms with Crippen LogP contribution >= 0.6 is 11.6 Å². The van der Waals surface area contributed by atoms with Crippen LogP contribution in [0.3, 0.4) is 0 Å². The third-order valence-corrected chi connectivity index (χ3v) is 2.38. The fraction of sp³-hybridized carbons (Fsp3) is 0.417. The van der Waals surface area contributed by atoms with Crippen molar-refractivity contribution in [3.63, 3.8) is 0 Å². The summed E-state index contributed by atoms with van der Waals surface area (Å²) < 4.78 is 0. The van der Waals surface area contributed by atoms with Crippen molar-refractivity contribution >= 4 is 17.5 Å². The Morgan fingerprint density at radius 1 is 1.33 bits per heavy atom. The summed E-state index contributed by atoms with van der Waals surface area (Å²) in [5.41, 5.74) is 1.14. The summed E-state index contributed by atoms with van der Waals surface area (Å²) in [6.45, 7) is 2.80. The lowest BCUT2D eigenvalue weighted by atomic mass is 10.1. The maximum absolute atomic E-state index is 11.3. The molecule has 82 valence electrons.